The second-order valence-electron chi connectivity index (χ2n) is 2.30. The molecule has 0 unspecified atom stereocenters. The molecule has 0 bridgehead atoms. The highest BCUT2D eigenvalue weighted by atomic mass is 79.9. The Labute approximate surface area is 81.0 Å². The van der Waals surface area contributed by atoms with Crippen molar-refractivity contribution < 1.29 is 32.6 Å². The lowest BCUT2D eigenvalue weighted by atomic mass is 10.1. The van der Waals surface area contributed by atoms with Gasteiger partial charge in [0.05, 0.1) is 0 Å². The van der Waals surface area contributed by atoms with Crippen molar-refractivity contribution in [3.63, 3.8) is 0 Å². The summed E-state index contributed by atoms with van der Waals surface area (Å²) in [5, 5.41) is 8.57. The fraction of sp³-hybridized carbons (Fsp3) is 0.125. The molecule has 12 heavy (non-hydrogen) atoms. The van der Waals surface area contributed by atoms with Crippen LogP contribution in [0.3, 0.4) is 0 Å². The average molecular weight is 232 g/mol. The van der Waals surface area contributed by atoms with E-state index < -0.39 is 12.0 Å². The normalized spacial score (nSPS) is 11.4. The molecule has 1 atom stereocenters. The predicted molar refractivity (Wildman–Crippen MR) is 39.7 cm³/mol. The molecule has 0 aliphatic heterocycles. The molecule has 0 fully saturated rings. The van der Waals surface area contributed by atoms with Crippen molar-refractivity contribution >= 4 is 5.97 Å². The third-order valence-electron chi connectivity index (χ3n) is 1.50. The molecular formula is C8H10BrNO2. The van der Waals surface area contributed by atoms with Crippen molar-refractivity contribution in [1.29, 1.82) is 0 Å². The van der Waals surface area contributed by atoms with E-state index in [0.29, 0.717) is 0 Å². The van der Waals surface area contributed by atoms with Gasteiger partial charge in [-0.05, 0) is 0 Å². The Balaban J connectivity index is 0.00000121. The molecule has 1 rings (SSSR count). The SMILES string of the molecule is [Br-].[NH3+][C@@H](C(=O)O)c1ccccc1. The maximum atomic E-state index is 10.4. The van der Waals surface area contributed by atoms with Crippen LogP contribution in [0, 0.1) is 0 Å². The topological polar surface area (TPSA) is 64.9 Å². The fourth-order valence-corrected chi connectivity index (χ4v) is 0.828. The van der Waals surface area contributed by atoms with Crippen LogP contribution in [0.2, 0.25) is 0 Å². The summed E-state index contributed by atoms with van der Waals surface area (Å²) in [6.45, 7) is 0. The van der Waals surface area contributed by atoms with Crippen LogP contribution in [0.4, 0.5) is 0 Å². The molecule has 1 aromatic rings. The maximum Gasteiger partial charge on any atom is 0.367 e. The first kappa shape index (κ1) is 11.1. The molecule has 0 spiro atoms. The Morgan fingerprint density at radius 1 is 1.33 bits per heavy atom. The minimum Gasteiger partial charge on any atom is -1.00 e. The molecule has 66 valence electrons. The second-order valence-corrected chi connectivity index (χ2v) is 2.30. The molecule has 0 radical (unpaired) electrons. The standard InChI is InChI=1S/C8H9NO2.BrH/c9-7(8(10)11)6-4-2-1-3-5-6;/h1-5,7H,9H2,(H,10,11);1H/t7-;/m1./s1. The Morgan fingerprint density at radius 2 is 1.83 bits per heavy atom. The number of carboxylic acid groups (broad SMARTS) is 1. The van der Waals surface area contributed by atoms with E-state index >= 15 is 0 Å². The second kappa shape index (κ2) is 4.90. The van der Waals surface area contributed by atoms with Crippen LogP contribution in [-0.4, -0.2) is 11.1 Å². The first-order valence-electron chi connectivity index (χ1n) is 3.32. The zero-order chi connectivity index (χ0) is 8.27. The first-order chi connectivity index (χ1) is 5.22. The average Bonchev–Trinajstić information content (AvgIpc) is 2.05. The highest BCUT2D eigenvalue weighted by molar-refractivity contribution is 5.73. The van der Waals surface area contributed by atoms with Crippen LogP contribution >= 0.6 is 0 Å². The number of carbonyl (C=O) groups is 1. The number of carboxylic acids is 1. The van der Waals surface area contributed by atoms with Gasteiger partial charge in [0.2, 0.25) is 6.04 Å². The molecule has 0 aliphatic rings. The molecule has 0 aliphatic carbocycles. The van der Waals surface area contributed by atoms with E-state index in [1.54, 1.807) is 24.3 Å². The largest absolute Gasteiger partial charge is 1.00 e. The van der Waals surface area contributed by atoms with Gasteiger partial charge in [0.15, 0.2) is 0 Å². The van der Waals surface area contributed by atoms with Crippen molar-refractivity contribution in [3.05, 3.63) is 35.9 Å². The van der Waals surface area contributed by atoms with Crippen molar-refractivity contribution in [1.82, 2.24) is 0 Å². The molecule has 3 nitrogen and oxygen atoms in total. The van der Waals surface area contributed by atoms with Crippen LogP contribution in [0.25, 0.3) is 0 Å². The number of quaternary nitrogens is 1. The van der Waals surface area contributed by atoms with Crippen LogP contribution in [0.5, 0.6) is 0 Å². The fourth-order valence-electron chi connectivity index (χ4n) is 0.828. The van der Waals surface area contributed by atoms with Gasteiger partial charge in [-0.2, -0.15) is 0 Å². The van der Waals surface area contributed by atoms with Gasteiger partial charge in [-0.15, -0.1) is 0 Å². The zero-order valence-electron chi connectivity index (χ0n) is 6.40. The van der Waals surface area contributed by atoms with Crippen molar-refractivity contribution in [2.24, 2.45) is 0 Å². The Morgan fingerprint density at radius 3 is 2.25 bits per heavy atom. The molecule has 1 aromatic carbocycles. The third-order valence-corrected chi connectivity index (χ3v) is 1.50. The van der Waals surface area contributed by atoms with Crippen molar-refractivity contribution in [2.45, 2.75) is 6.04 Å². The number of aliphatic carboxylic acids is 1. The first-order valence-corrected chi connectivity index (χ1v) is 3.32. The Bertz CT molecular complexity index is 250. The summed E-state index contributed by atoms with van der Waals surface area (Å²) in [7, 11) is 0. The van der Waals surface area contributed by atoms with E-state index in [0.717, 1.165) is 5.56 Å². The number of benzene rings is 1. The monoisotopic (exact) mass is 231 g/mol. The van der Waals surface area contributed by atoms with Crippen LogP contribution in [-0.2, 0) is 4.79 Å². The van der Waals surface area contributed by atoms with E-state index in [2.05, 4.69) is 5.73 Å². The summed E-state index contributed by atoms with van der Waals surface area (Å²) >= 11 is 0. The van der Waals surface area contributed by atoms with Gasteiger partial charge in [0.25, 0.3) is 0 Å². The summed E-state index contributed by atoms with van der Waals surface area (Å²) in [6.07, 6.45) is 0. The summed E-state index contributed by atoms with van der Waals surface area (Å²) in [4.78, 5) is 10.4. The van der Waals surface area contributed by atoms with Gasteiger partial charge >= 0.3 is 5.97 Å². The van der Waals surface area contributed by atoms with Gasteiger partial charge in [0.1, 0.15) is 0 Å². The van der Waals surface area contributed by atoms with Crippen molar-refractivity contribution in [2.75, 3.05) is 0 Å². The highest BCUT2D eigenvalue weighted by Crippen LogP contribution is 2.06. The van der Waals surface area contributed by atoms with Gasteiger partial charge in [0, 0.05) is 5.56 Å². The predicted octanol–water partition coefficient (Wildman–Crippen LogP) is -2.94. The van der Waals surface area contributed by atoms with Crippen LogP contribution in [0.15, 0.2) is 30.3 Å². The molecule has 0 saturated heterocycles. The molecule has 0 amide bonds. The summed E-state index contributed by atoms with van der Waals surface area (Å²) < 4.78 is 0. The lowest BCUT2D eigenvalue weighted by Crippen LogP contribution is -3.00. The molecule has 4 N–H and O–H groups in total. The Hall–Kier alpha value is -0.870. The van der Waals surface area contributed by atoms with Crippen molar-refractivity contribution in [3.8, 4) is 0 Å². The van der Waals surface area contributed by atoms with Gasteiger partial charge in [-0.1, -0.05) is 30.3 Å². The molecular weight excluding hydrogens is 222 g/mol. The van der Waals surface area contributed by atoms with Gasteiger partial charge in [-0.25, -0.2) is 4.79 Å². The van der Waals surface area contributed by atoms with Gasteiger partial charge in [-0.3, -0.25) is 0 Å². The number of hydrogen-bond donors (Lipinski definition) is 2. The minimum atomic E-state index is -0.892. The maximum absolute atomic E-state index is 10.4. The quantitative estimate of drug-likeness (QED) is 0.573. The lowest BCUT2D eigenvalue weighted by Gasteiger charge is -2.01. The number of hydrogen-bond acceptors (Lipinski definition) is 1. The van der Waals surface area contributed by atoms with Crippen LogP contribution in [0.1, 0.15) is 11.6 Å². The van der Waals surface area contributed by atoms with E-state index in [4.69, 9.17) is 5.11 Å². The van der Waals surface area contributed by atoms with E-state index in [1.807, 2.05) is 6.07 Å². The highest BCUT2D eigenvalue weighted by Gasteiger charge is 2.16. The molecule has 0 saturated carbocycles. The zero-order valence-corrected chi connectivity index (χ0v) is 7.99. The van der Waals surface area contributed by atoms with Crippen LogP contribution < -0.4 is 22.7 Å². The molecule has 0 aromatic heterocycles. The van der Waals surface area contributed by atoms with E-state index in [9.17, 15) is 4.79 Å². The van der Waals surface area contributed by atoms with E-state index in [-0.39, 0.29) is 17.0 Å². The summed E-state index contributed by atoms with van der Waals surface area (Å²) in [5.74, 6) is -0.892. The number of rotatable bonds is 2. The summed E-state index contributed by atoms with van der Waals surface area (Å²) in [6, 6.07) is 8.30. The third kappa shape index (κ3) is 2.64. The Kier molecular flexibility index (Phi) is 4.54. The lowest BCUT2D eigenvalue weighted by molar-refractivity contribution is -0.413. The minimum absolute atomic E-state index is 0. The van der Waals surface area contributed by atoms with Gasteiger partial charge < -0.3 is 27.8 Å². The number of halogens is 1. The summed E-state index contributed by atoms with van der Waals surface area (Å²) in [5.41, 5.74) is 4.24. The molecule has 0 heterocycles. The van der Waals surface area contributed by atoms with E-state index in [1.165, 1.54) is 0 Å². The smallest absolute Gasteiger partial charge is 0.367 e. The molecule has 4 heteroatoms.